The standard InChI is InChI=1S/C19H22N2O2S/c1-3-6-18(22)20-16-9-5-10-17(12-16)24-13-19(23)21-15-8-4-7-14(2)11-15/h4-5,7-12H,3,6,13H2,1-2H3,(H,20,22)(H,21,23). The van der Waals surface area contributed by atoms with Crippen LogP contribution in [0.2, 0.25) is 0 Å². The third-order valence-corrected chi connectivity index (χ3v) is 4.26. The maximum absolute atomic E-state index is 12.0. The highest BCUT2D eigenvalue weighted by atomic mass is 32.2. The van der Waals surface area contributed by atoms with Crippen LogP contribution in [0.25, 0.3) is 0 Å². The van der Waals surface area contributed by atoms with E-state index in [1.807, 2.05) is 62.4 Å². The number of thioether (sulfide) groups is 1. The van der Waals surface area contributed by atoms with Crippen molar-refractivity contribution in [1.29, 1.82) is 0 Å². The first kappa shape index (κ1) is 18.1. The van der Waals surface area contributed by atoms with Gasteiger partial charge in [0.2, 0.25) is 11.8 Å². The molecule has 2 N–H and O–H groups in total. The third-order valence-electron chi connectivity index (χ3n) is 3.27. The van der Waals surface area contributed by atoms with E-state index in [2.05, 4.69) is 10.6 Å². The molecule has 0 heterocycles. The Balaban J connectivity index is 1.87. The Kier molecular flexibility index (Phi) is 6.88. The van der Waals surface area contributed by atoms with Gasteiger partial charge >= 0.3 is 0 Å². The van der Waals surface area contributed by atoms with E-state index >= 15 is 0 Å². The van der Waals surface area contributed by atoms with Crippen molar-refractivity contribution in [3.05, 3.63) is 54.1 Å². The van der Waals surface area contributed by atoms with Crippen molar-refractivity contribution in [2.24, 2.45) is 0 Å². The van der Waals surface area contributed by atoms with Crippen molar-refractivity contribution < 1.29 is 9.59 Å². The fraction of sp³-hybridized carbons (Fsp3) is 0.263. The minimum atomic E-state index is -0.0500. The van der Waals surface area contributed by atoms with Crippen molar-refractivity contribution in [3.63, 3.8) is 0 Å². The summed E-state index contributed by atoms with van der Waals surface area (Å²) in [6.07, 6.45) is 1.33. The third kappa shape index (κ3) is 6.08. The van der Waals surface area contributed by atoms with Gasteiger partial charge in [-0.3, -0.25) is 9.59 Å². The van der Waals surface area contributed by atoms with Gasteiger partial charge in [0.1, 0.15) is 0 Å². The van der Waals surface area contributed by atoms with Gasteiger partial charge in [0.05, 0.1) is 5.75 Å². The number of anilines is 2. The molecule has 0 aliphatic carbocycles. The zero-order valence-electron chi connectivity index (χ0n) is 14.0. The molecule has 0 aromatic heterocycles. The van der Waals surface area contributed by atoms with Gasteiger partial charge in [0, 0.05) is 22.7 Å². The number of benzene rings is 2. The smallest absolute Gasteiger partial charge is 0.234 e. The largest absolute Gasteiger partial charge is 0.326 e. The van der Waals surface area contributed by atoms with E-state index in [1.54, 1.807) is 0 Å². The molecule has 126 valence electrons. The Morgan fingerprint density at radius 3 is 2.33 bits per heavy atom. The van der Waals surface area contributed by atoms with Crippen molar-refractivity contribution >= 4 is 35.0 Å². The van der Waals surface area contributed by atoms with Crippen molar-refractivity contribution in [2.75, 3.05) is 16.4 Å². The molecule has 0 atom stereocenters. The van der Waals surface area contributed by atoms with E-state index < -0.39 is 0 Å². The predicted octanol–water partition coefficient (Wildman–Crippen LogP) is 4.46. The van der Waals surface area contributed by atoms with Crippen molar-refractivity contribution in [2.45, 2.75) is 31.6 Å². The van der Waals surface area contributed by atoms with Crippen LogP contribution in [0.3, 0.4) is 0 Å². The molecule has 2 aromatic carbocycles. The van der Waals surface area contributed by atoms with Gasteiger partial charge in [0.15, 0.2) is 0 Å². The molecule has 4 nitrogen and oxygen atoms in total. The van der Waals surface area contributed by atoms with Crippen LogP contribution >= 0.6 is 11.8 Å². The van der Waals surface area contributed by atoms with Gasteiger partial charge in [-0.1, -0.05) is 25.1 Å². The average Bonchev–Trinajstić information content (AvgIpc) is 2.53. The number of carbonyl (C=O) groups is 2. The Labute approximate surface area is 147 Å². The second-order valence-corrected chi connectivity index (χ2v) is 6.58. The van der Waals surface area contributed by atoms with Gasteiger partial charge in [-0.05, 0) is 49.2 Å². The van der Waals surface area contributed by atoms with Crippen LogP contribution in [0, 0.1) is 6.92 Å². The van der Waals surface area contributed by atoms with E-state index in [9.17, 15) is 9.59 Å². The molecule has 0 radical (unpaired) electrons. The molecular formula is C19H22N2O2S. The van der Waals surface area contributed by atoms with E-state index in [-0.39, 0.29) is 11.8 Å². The highest BCUT2D eigenvalue weighted by Gasteiger charge is 2.06. The maximum Gasteiger partial charge on any atom is 0.234 e. The first-order valence-corrected chi connectivity index (χ1v) is 8.94. The van der Waals surface area contributed by atoms with Crippen LogP contribution < -0.4 is 10.6 Å². The van der Waals surface area contributed by atoms with E-state index in [4.69, 9.17) is 0 Å². The molecule has 2 aromatic rings. The summed E-state index contributed by atoms with van der Waals surface area (Å²) >= 11 is 1.44. The lowest BCUT2D eigenvalue weighted by Gasteiger charge is -2.08. The molecule has 0 saturated heterocycles. The summed E-state index contributed by atoms with van der Waals surface area (Å²) in [6.45, 7) is 3.96. The molecule has 2 amide bonds. The van der Waals surface area contributed by atoms with E-state index in [0.717, 1.165) is 28.3 Å². The number of amides is 2. The molecule has 0 aliphatic rings. The highest BCUT2D eigenvalue weighted by molar-refractivity contribution is 8.00. The second kappa shape index (κ2) is 9.13. The van der Waals surface area contributed by atoms with Crippen LogP contribution in [0.15, 0.2) is 53.4 Å². The number of aryl methyl sites for hydroxylation is 1. The first-order valence-electron chi connectivity index (χ1n) is 7.96. The summed E-state index contributed by atoms with van der Waals surface area (Å²) in [6, 6.07) is 15.3. The van der Waals surface area contributed by atoms with Crippen LogP contribution in [0.4, 0.5) is 11.4 Å². The van der Waals surface area contributed by atoms with Gasteiger partial charge in [-0.2, -0.15) is 0 Å². The Bertz CT molecular complexity index is 716. The molecule has 0 saturated carbocycles. The molecule has 0 aliphatic heterocycles. The zero-order chi connectivity index (χ0) is 17.4. The fourth-order valence-corrected chi connectivity index (χ4v) is 2.94. The number of carbonyl (C=O) groups excluding carboxylic acids is 2. The quantitative estimate of drug-likeness (QED) is 0.730. The summed E-state index contributed by atoms with van der Waals surface area (Å²) in [4.78, 5) is 24.6. The lowest BCUT2D eigenvalue weighted by Crippen LogP contribution is -2.14. The fourth-order valence-electron chi connectivity index (χ4n) is 2.18. The van der Waals surface area contributed by atoms with Gasteiger partial charge in [-0.15, -0.1) is 11.8 Å². The Morgan fingerprint density at radius 2 is 1.62 bits per heavy atom. The molecular weight excluding hydrogens is 320 g/mol. The molecule has 0 bridgehead atoms. The monoisotopic (exact) mass is 342 g/mol. The molecule has 0 fully saturated rings. The number of nitrogens with one attached hydrogen (secondary N) is 2. The highest BCUT2D eigenvalue weighted by Crippen LogP contribution is 2.22. The van der Waals surface area contributed by atoms with Gasteiger partial charge in [0.25, 0.3) is 0 Å². The van der Waals surface area contributed by atoms with Crippen LogP contribution in [-0.4, -0.2) is 17.6 Å². The normalized spacial score (nSPS) is 10.2. The predicted molar refractivity (Wildman–Crippen MR) is 101 cm³/mol. The Hall–Kier alpha value is -2.27. The summed E-state index contributed by atoms with van der Waals surface area (Å²) in [5.41, 5.74) is 2.68. The Morgan fingerprint density at radius 1 is 0.958 bits per heavy atom. The molecule has 2 rings (SSSR count). The topological polar surface area (TPSA) is 58.2 Å². The lowest BCUT2D eigenvalue weighted by atomic mass is 10.2. The van der Waals surface area contributed by atoms with E-state index in [1.165, 1.54) is 11.8 Å². The molecule has 0 spiro atoms. The molecule has 0 unspecified atom stereocenters. The molecule has 5 heteroatoms. The average molecular weight is 342 g/mol. The van der Waals surface area contributed by atoms with Crippen molar-refractivity contribution in [1.82, 2.24) is 0 Å². The number of hydrogen-bond acceptors (Lipinski definition) is 3. The minimum Gasteiger partial charge on any atom is -0.326 e. The van der Waals surface area contributed by atoms with E-state index in [0.29, 0.717) is 12.2 Å². The maximum atomic E-state index is 12.0. The summed E-state index contributed by atoms with van der Waals surface area (Å²) in [5.74, 6) is 0.281. The summed E-state index contributed by atoms with van der Waals surface area (Å²) in [5, 5.41) is 5.75. The van der Waals surface area contributed by atoms with Gasteiger partial charge in [-0.25, -0.2) is 0 Å². The SMILES string of the molecule is CCCC(=O)Nc1cccc(SCC(=O)Nc2cccc(C)c2)c1. The zero-order valence-corrected chi connectivity index (χ0v) is 14.8. The number of rotatable bonds is 7. The lowest BCUT2D eigenvalue weighted by molar-refractivity contribution is -0.116. The molecule has 24 heavy (non-hydrogen) atoms. The van der Waals surface area contributed by atoms with Crippen LogP contribution in [-0.2, 0) is 9.59 Å². The summed E-state index contributed by atoms with van der Waals surface area (Å²) in [7, 11) is 0. The minimum absolute atomic E-state index is 0.0110. The number of hydrogen-bond donors (Lipinski definition) is 2. The van der Waals surface area contributed by atoms with Crippen molar-refractivity contribution in [3.8, 4) is 0 Å². The van der Waals surface area contributed by atoms with Crippen LogP contribution in [0.1, 0.15) is 25.3 Å². The van der Waals surface area contributed by atoms with Gasteiger partial charge < -0.3 is 10.6 Å². The van der Waals surface area contributed by atoms with Crippen LogP contribution in [0.5, 0.6) is 0 Å². The summed E-state index contributed by atoms with van der Waals surface area (Å²) < 4.78 is 0. The second-order valence-electron chi connectivity index (χ2n) is 5.53. The first-order chi connectivity index (χ1) is 11.6.